The van der Waals surface area contributed by atoms with Gasteiger partial charge in [-0.05, 0) is 26.2 Å². The van der Waals surface area contributed by atoms with Crippen LogP contribution in [0.25, 0.3) is 0 Å². The summed E-state index contributed by atoms with van der Waals surface area (Å²) < 4.78 is 5.16. The van der Waals surface area contributed by atoms with Gasteiger partial charge in [0.2, 0.25) is 5.91 Å². The van der Waals surface area contributed by atoms with Gasteiger partial charge < -0.3 is 15.2 Å². The smallest absolute Gasteiger partial charge is 0.326 e. The third-order valence-corrected chi connectivity index (χ3v) is 2.65. The van der Waals surface area contributed by atoms with Crippen molar-refractivity contribution < 1.29 is 19.4 Å². The van der Waals surface area contributed by atoms with Crippen molar-refractivity contribution in [2.45, 2.75) is 38.3 Å². The Labute approximate surface area is 99.6 Å². The molecule has 6 nitrogen and oxygen atoms in total. The molecule has 1 fully saturated rings. The lowest BCUT2D eigenvalue weighted by atomic mass is 10.0. The lowest BCUT2D eigenvalue weighted by Gasteiger charge is -2.17. The highest BCUT2D eigenvalue weighted by Crippen LogP contribution is 2.13. The molecule has 0 aromatic carbocycles. The molecule has 0 radical (unpaired) electrons. The first-order chi connectivity index (χ1) is 8.04. The predicted molar refractivity (Wildman–Crippen MR) is 57.9 cm³/mol. The first-order valence-electron chi connectivity index (χ1n) is 5.59. The molecule has 0 unspecified atom stereocenters. The van der Waals surface area contributed by atoms with Gasteiger partial charge in [0.05, 0.1) is 6.07 Å². The minimum Gasteiger partial charge on any atom is -0.480 e. The molecule has 17 heavy (non-hydrogen) atoms. The molecular formula is C11H16N2O4. The van der Waals surface area contributed by atoms with Crippen LogP contribution < -0.4 is 5.32 Å². The quantitative estimate of drug-likeness (QED) is 0.719. The number of nitrogens with zero attached hydrogens (tertiary/aromatic N) is 1. The normalized spacial score (nSPS) is 22.5. The number of hydrogen-bond donors (Lipinski definition) is 2. The standard InChI is InChI=1S/C11H16N2O4/c1-7(6-12)5-8(11(15)16)13-10(14)9-3-2-4-17-9/h7-9H,2-5H2,1H3,(H,13,14)(H,15,16)/t7-,8+,9+/m1/s1. The molecule has 1 saturated heterocycles. The molecule has 0 bridgehead atoms. The molecule has 6 heteroatoms. The highest BCUT2D eigenvalue weighted by Gasteiger charge is 2.28. The number of carbonyl (C=O) groups is 2. The maximum absolute atomic E-state index is 11.6. The Hall–Kier alpha value is -1.61. The Bertz CT molecular complexity index is 331. The summed E-state index contributed by atoms with van der Waals surface area (Å²) in [6.07, 6.45) is 0.981. The highest BCUT2D eigenvalue weighted by molar-refractivity contribution is 5.86. The maximum atomic E-state index is 11.6. The summed E-state index contributed by atoms with van der Waals surface area (Å²) in [4.78, 5) is 22.6. The second kappa shape index (κ2) is 6.21. The average molecular weight is 240 g/mol. The third kappa shape index (κ3) is 4.04. The van der Waals surface area contributed by atoms with Crippen molar-refractivity contribution in [1.29, 1.82) is 5.26 Å². The Balaban J connectivity index is 2.51. The molecule has 1 aliphatic rings. The van der Waals surface area contributed by atoms with E-state index in [0.29, 0.717) is 13.0 Å². The number of rotatable bonds is 5. The van der Waals surface area contributed by atoms with Crippen LogP contribution in [0.3, 0.4) is 0 Å². The first-order valence-corrected chi connectivity index (χ1v) is 5.59. The van der Waals surface area contributed by atoms with E-state index in [-0.39, 0.29) is 6.42 Å². The highest BCUT2D eigenvalue weighted by atomic mass is 16.5. The van der Waals surface area contributed by atoms with Crippen LogP contribution in [0, 0.1) is 17.2 Å². The van der Waals surface area contributed by atoms with Gasteiger partial charge in [0.1, 0.15) is 12.1 Å². The van der Waals surface area contributed by atoms with Gasteiger partial charge in [-0.25, -0.2) is 4.79 Å². The van der Waals surface area contributed by atoms with Gasteiger partial charge in [-0.3, -0.25) is 4.79 Å². The van der Waals surface area contributed by atoms with Crippen molar-refractivity contribution in [3.05, 3.63) is 0 Å². The van der Waals surface area contributed by atoms with Crippen molar-refractivity contribution in [2.75, 3.05) is 6.61 Å². The van der Waals surface area contributed by atoms with Gasteiger partial charge in [-0.15, -0.1) is 0 Å². The molecule has 3 atom stereocenters. The Morgan fingerprint density at radius 2 is 2.35 bits per heavy atom. The molecule has 1 amide bonds. The number of amides is 1. The fraction of sp³-hybridized carbons (Fsp3) is 0.727. The van der Waals surface area contributed by atoms with E-state index in [1.165, 1.54) is 0 Å². The van der Waals surface area contributed by atoms with Gasteiger partial charge >= 0.3 is 5.97 Å². The maximum Gasteiger partial charge on any atom is 0.326 e. The molecule has 1 rings (SSSR count). The van der Waals surface area contributed by atoms with Crippen LogP contribution in [-0.4, -0.2) is 35.7 Å². The second-order valence-corrected chi connectivity index (χ2v) is 4.17. The van der Waals surface area contributed by atoms with E-state index < -0.39 is 29.9 Å². The zero-order chi connectivity index (χ0) is 12.8. The van der Waals surface area contributed by atoms with E-state index >= 15 is 0 Å². The molecule has 94 valence electrons. The molecule has 0 aromatic rings. The van der Waals surface area contributed by atoms with E-state index in [2.05, 4.69) is 5.32 Å². The Morgan fingerprint density at radius 3 is 2.82 bits per heavy atom. The summed E-state index contributed by atoms with van der Waals surface area (Å²) in [6.45, 7) is 2.15. The molecule has 1 aliphatic heterocycles. The lowest BCUT2D eigenvalue weighted by molar-refractivity contribution is -0.144. The van der Waals surface area contributed by atoms with Gasteiger partial charge in [-0.1, -0.05) is 0 Å². The molecule has 1 heterocycles. The van der Waals surface area contributed by atoms with E-state index in [0.717, 1.165) is 6.42 Å². The zero-order valence-corrected chi connectivity index (χ0v) is 9.68. The number of nitriles is 1. The SMILES string of the molecule is C[C@@H](C#N)C[C@H](NC(=O)[C@@H]1CCCO1)C(=O)O. The fourth-order valence-corrected chi connectivity index (χ4v) is 1.68. The van der Waals surface area contributed by atoms with Gasteiger partial charge in [0.15, 0.2) is 0 Å². The van der Waals surface area contributed by atoms with Crippen LogP contribution in [0.1, 0.15) is 26.2 Å². The number of ether oxygens (including phenoxy) is 1. The number of carbonyl (C=O) groups excluding carboxylic acids is 1. The first kappa shape index (κ1) is 13.5. The number of aliphatic carboxylic acids is 1. The van der Waals surface area contributed by atoms with Crippen molar-refractivity contribution in [2.24, 2.45) is 5.92 Å². The van der Waals surface area contributed by atoms with E-state index in [9.17, 15) is 9.59 Å². The summed E-state index contributed by atoms with van der Waals surface area (Å²) in [6, 6.07) is 0.921. The second-order valence-electron chi connectivity index (χ2n) is 4.17. The fourth-order valence-electron chi connectivity index (χ4n) is 1.68. The molecule has 0 aromatic heterocycles. The number of hydrogen-bond acceptors (Lipinski definition) is 4. The minimum absolute atomic E-state index is 0.101. The van der Waals surface area contributed by atoms with E-state index in [1.54, 1.807) is 6.92 Å². The summed E-state index contributed by atoms with van der Waals surface area (Å²) >= 11 is 0. The van der Waals surface area contributed by atoms with Gasteiger partial charge in [0.25, 0.3) is 0 Å². The van der Waals surface area contributed by atoms with Crippen LogP contribution in [0.2, 0.25) is 0 Å². The van der Waals surface area contributed by atoms with Crippen LogP contribution in [-0.2, 0) is 14.3 Å². The predicted octanol–water partition coefficient (Wildman–Crippen LogP) is 0.285. The van der Waals surface area contributed by atoms with Crippen molar-refractivity contribution >= 4 is 11.9 Å². The molecule has 0 saturated carbocycles. The number of nitrogens with one attached hydrogen (secondary N) is 1. The van der Waals surface area contributed by atoms with Crippen LogP contribution >= 0.6 is 0 Å². The molecule has 2 N–H and O–H groups in total. The summed E-state index contributed by atoms with van der Waals surface area (Å²) in [5.74, 6) is -1.95. The van der Waals surface area contributed by atoms with E-state index in [1.807, 2.05) is 6.07 Å². The van der Waals surface area contributed by atoms with Gasteiger partial charge in [-0.2, -0.15) is 5.26 Å². The summed E-state index contributed by atoms with van der Waals surface area (Å²) in [5, 5.41) is 20.0. The largest absolute Gasteiger partial charge is 0.480 e. The topological polar surface area (TPSA) is 99.4 Å². The van der Waals surface area contributed by atoms with E-state index in [4.69, 9.17) is 15.1 Å². The molecule has 0 spiro atoms. The van der Waals surface area contributed by atoms with Crippen LogP contribution in [0.5, 0.6) is 0 Å². The third-order valence-electron chi connectivity index (χ3n) is 2.65. The van der Waals surface area contributed by atoms with Crippen molar-refractivity contribution in [1.82, 2.24) is 5.32 Å². The Kier molecular flexibility index (Phi) is 4.91. The lowest BCUT2D eigenvalue weighted by Crippen LogP contribution is -2.46. The molecular weight excluding hydrogens is 224 g/mol. The monoisotopic (exact) mass is 240 g/mol. The average Bonchev–Trinajstić information content (AvgIpc) is 2.81. The number of carboxylic acids is 1. The number of carboxylic acid groups (broad SMARTS) is 1. The summed E-state index contributed by atoms with van der Waals surface area (Å²) in [5.41, 5.74) is 0. The summed E-state index contributed by atoms with van der Waals surface area (Å²) in [7, 11) is 0. The van der Waals surface area contributed by atoms with Crippen LogP contribution in [0.15, 0.2) is 0 Å². The van der Waals surface area contributed by atoms with Crippen molar-refractivity contribution in [3.63, 3.8) is 0 Å². The Morgan fingerprint density at radius 1 is 1.65 bits per heavy atom. The van der Waals surface area contributed by atoms with Gasteiger partial charge in [0, 0.05) is 12.5 Å². The minimum atomic E-state index is -1.13. The molecule has 0 aliphatic carbocycles. The van der Waals surface area contributed by atoms with Crippen LogP contribution in [0.4, 0.5) is 0 Å². The zero-order valence-electron chi connectivity index (χ0n) is 9.68. The van der Waals surface area contributed by atoms with Crippen molar-refractivity contribution in [3.8, 4) is 6.07 Å².